The number of ether oxygens (including phenoxy) is 1. The summed E-state index contributed by atoms with van der Waals surface area (Å²) in [4.78, 5) is 15.0. The van der Waals surface area contributed by atoms with Crippen LogP contribution in [0.2, 0.25) is 0 Å². The Balaban J connectivity index is 1.53. The number of rotatable bonds is 3. The number of aromatic hydroxyl groups is 1. The molecule has 0 aromatic heterocycles. The summed E-state index contributed by atoms with van der Waals surface area (Å²) in [5.74, 6) is -0.00981. The Labute approximate surface area is 145 Å². The van der Waals surface area contributed by atoms with Gasteiger partial charge in [0.1, 0.15) is 17.7 Å². The minimum absolute atomic E-state index is 0.0903. The van der Waals surface area contributed by atoms with Crippen molar-refractivity contribution >= 4 is 5.91 Å². The maximum Gasteiger partial charge on any atom is 0.233 e. The highest BCUT2D eigenvalue weighted by atomic mass is 19.1. The van der Waals surface area contributed by atoms with Crippen LogP contribution in [0.25, 0.3) is 0 Å². The Morgan fingerprint density at radius 3 is 2.64 bits per heavy atom. The summed E-state index contributed by atoms with van der Waals surface area (Å²) in [5.41, 5.74) is 1.25. The molecule has 4 nitrogen and oxygen atoms in total. The van der Waals surface area contributed by atoms with Gasteiger partial charge in [0.05, 0.1) is 18.6 Å². The van der Waals surface area contributed by atoms with Crippen LogP contribution in [0.5, 0.6) is 5.75 Å². The van der Waals surface area contributed by atoms with Crippen molar-refractivity contribution in [1.29, 1.82) is 0 Å². The van der Waals surface area contributed by atoms with Crippen LogP contribution >= 0.6 is 0 Å². The standard InChI is InChI=1S/C20H20FNO3/c21-16-6-4-15(5-7-16)20(8-9-20)19(24)22-10-11-25-18(13-22)14-2-1-3-17(23)12-14/h1-7,12,18,23H,8-11,13H2. The molecular weight excluding hydrogens is 321 g/mol. The van der Waals surface area contributed by atoms with Crippen LogP contribution in [-0.2, 0) is 14.9 Å². The molecule has 5 heteroatoms. The first-order valence-electron chi connectivity index (χ1n) is 8.54. The lowest BCUT2D eigenvalue weighted by atomic mass is 9.93. The van der Waals surface area contributed by atoms with Crippen LogP contribution in [0.1, 0.15) is 30.1 Å². The minimum Gasteiger partial charge on any atom is -0.508 e. The summed E-state index contributed by atoms with van der Waals surface area (Å²) in [6.07, 6.45) is 1.35. The third-order valence-electron chi connectivity index (χ3n) is 5.15. The van der Waals surface area contributed by atoms with Crippen LogP contribution in [0.4, 0.5) is 4.39 Å². The normalized spacial score (nSPS) is 21.8. The number of morpholine rings is 1. The smallest absolute Gasteiger partial charge is 0.233 e. The third kappa shape index (κ3) is 3.00. The highest BCUT2D eigenvalue weighted by Gasteiger charge is 2.53. The number of carbonyl (C=O) groups is 1. The summed E-state index contributed by atoms with van der Waals surface area (Å²) < 4.78 is 19.0. The molecule has 0 spiro atoms. The summed E-state index contributed by atoms with van der Waals surface area (Å²) in [7, 11) is 0. The zero-order valence-electron chi connectivity index (χ0n) is 13.8. The van der Waals surface area contributed by atoms with Crippen molar-refractivity contribution in [3.8, 4) is 5.75 Å². The predicted molar refractivity (Wildman–Crippen MR) is 90.7 cm³/mol. The van der Waals surface area contributed by atoms with Gasteiger partial charge < -0.3 is 14.7 Å². The van der Waals surface area contributed by atoms with Crippen molar-refractivity contribution in [2.75, 3.05) is 19.7 Å². The van der Waals surface area contributed by atoms with E-state index in [1.165, 1.54) is 12.1 Å². The molecule has 1 N–H and O–H groups in total. The van der Waals surface area contributed by atoms with Gasteiger partial charge >= 0.3 is 0 Å². The van der Waals surface area contributed by atoms with E-state index in [2.05, 4.69) is 0 Å². The van der Waals surface area contributed by atoms with E-state index in [0.717, 1.165) is 24.0 Å². The molecule has 2 fully saturated rings. The van der Waals surface area contributed by atoms with Crippen molar-refractivity contribution in [3.05, 3.63) is 65.5 Å². The van der Waals surface area contributed by atoms with E-state index in [0.29, 0.717) is 19.7 Å². The number of hydrogen-bond donors (Lipinski definition) is 1. The Kier molecular flexibility index (Phi) is 3.96. The van der Waals surface area contributed by atoms with Crippen LogP contribution in [0.3, 0.4) is 0 Å². The largest absolute Gasteiger partial charge is 0.508 e. The summed E-state index contributed by atoms with van der Waals surface area (Å²) in [6, 6.07) is 13.2. The molecule has 1 saturated carbocycles. The molecule has 4 rings (SSSR count). The van der Waals surface area contributed by atoms with E-state index in [4.69, 9.17) is 4.74 Å². The Hall–Kier alpha value is -2.40. The average Bonchev–Trinajstić information content (AvgIpc) is 3.44. The molecule has 130 valence electrons. The second-order valence-corrected chi connectivity index (χ2v) is 6.79. The number of carbonyl (C=O) groups excluding carboxylic acids is 1. The lowest BCUT2D eigenvalue weighted by Gasteiger charge is -2.35. The van der Waals surface area contributed by atoms with Gasteiger partial charge in [-0.05, 0) is 48.2 Å². The molecule has 0 radical (unpaired) electrons. The quantitative estimate of drug-likeness (QED) is 0.933. The fourth-order valence-corrected chi connectivity index (χ4v) is 3.58. The first kappa shape index (κ1) is 16.1. The molecule has 1 heterocycles. The molecule has 0 bridgehead atoms. The van der Waals surface area contributed by atoms with E-state index in [1.54, 1.807) is 30.3 Å². The van der Waals surface area contributed by atoms with Gasteiger partial charge in [-0.2, -0.15) is 0 Å². The first-order valence-corrected chi connectivity index (χ1v) is 8.54. The first-order chi connectivity index (χ1) is 12.1. The number of phenolic OH excluding ortho intramolecular Hbond substituents is 1. The van der Waals surface area contributed by atoms with Crippen molar-refractivity contribution in [2.45, 2.75) is 24.4 Å². The SMILES string of the molecule is O=C(N1CCOC(c2cccc(O)c2)C1)C1(c2ccc(F)cc2)CC1. The Bertz CT molecular complexity index is 786. The molecule has 2 aliphatic rings. The Morgan fingerprint density at radius 1 is 1.20 bits per heavy atom. The zero-order chi connectivity index (χ0) is 17.4. The summed E-state index contributed by atoms with van der Waals surface area (Å²) >= 11 is 0. The van der Waals surface area contributed by atoms with Crippen LogP contribution in [0, 0.1) is 5.82 Å². The summed E-state index contributed by atoms with van der Waals surface area (Å²) in [6.45, 7) is 1.48. The van der Waals surface area contributed by atoms with E-state index < -0.39 is 5.41 Å². The third-order valence-corrected chi connectivity index (χ3v) is 5.15. The monoisotopic (exact) mass is 341 g/mol. The van der Waals surface area contributed by atoms with Crippen molar-refractivity contribution in [2.24, 2.45) is 0 Å². The molecule has 1 saturated heterocycles. The van der Waals surface area contributed by atoms with Gasteiger partial charge in [-0.1, -0.05) is 24.3 Å². The maximum atomic E-state index is 13.2. The second-order valence-electron chi connectivity index (χ2n) is 6.79. The fraction of sp³-hybridized carbons (Fsp3) is 0.350. The van der Waals surface area contributed by atoms with E-state index >= 15 is 0 Å². The Morgan fingerprint density at radius 2 is 1.96 bits per heavy atom. The van der Waals surface area contributed by atoms with Crippen LogP contribution in [0.15, 0.2) is 48.5 Å². The zero-order valence-corrected chi connectivity index (χ0v) is 13.8. The molecule has 1 unspecified atom stereocenters. The van der Waals surface area contributed by atoms with Gasteiger partial charge in [-0.15, -0.1) is 0 Å². The molecule has 2 aromatic carbocycles. The lowest BCUT2D eigenvalue weighted by molar-refractivity contribution is -0.141. The highest BCUT2D eigenvalue weighted by Crippen LogP contribution is 2.50. The van der Waals surface area contributed by atoms with Gasteiger partial charge in [0.15, 0.2) is 0 Å². The highest BCUT2D eigenvalue weighted by molar-refractivity contribution is 5.91. The van der Waals surface area contributed by atoms with E-state index in [1.807, 2.05) is 11.0 Å². The number of nitrogens with zero attached hydrogens (tertiary/aromatic N) is 1. The number of hydrogen-bond acceptors (Lipinski definition) is 3. The van der Waals surface area contributed by atoms with E-state index in [9.17, 15) is 14.3 Å². The van der Waals surface area contributed by atoms with Gasteiger partial charge in [-0.25, -0.2) is 4.39 Å². The van der Waals surface area contributed by atoms with E-state index in [-0.39, 0.29) is 23.6 Å². The molecule has 1 amide bonds. The molecular formula is C20H20FNO3. The second kappa shape index (κ2) is 6.15. The maximum absolute atomic E-state index is 13.2. The molecule has 2 aromatic rings. The van der Waals surface area contributed by atoms with Crippen molar-refractivity contribution in [1.82, 2.24) is 4.90 Å². The molecule has 1 aliphatic carbocycles. The van der Waals surface area contributed by atoms with Crippen LogP contribution in [-0.4, -0.2) is 35.6 Å². The van der Waals surface area contributed by atoms with Crippen molar-refractivity contribution < 1.29 is 19.0 Å². The minimum atomic E-state index is -0.506. The number of halogens is 1. The average molecular weight is 341 g/mol. The van der Waals surface area contributed by atoms with Crippen molar-refractivity contribution in [3.63, 3.8) is 0 Å². The topological polar surface area (TPSA) is 49.8 Å². The van der Waals surface area contributed by atoms with Gasteiger partial charge in [0.2, 0.25) is 5.91 Å². The lowest BCUT2D eigenvalue weighted by Crippen LogP contribution is -2.46. The molecule has 1 atom stereocenters. The number of benzene rings is 2. The predicted octanol–water partition coefficient (Wildman–Crippen LogP) is 3.16. The van der Waals surface area contributed by atoms with Gasteiger partial charge in [0.25, 0.3) is 0 Å². The van der Waals surface area contributed by atoms with Crippen LogP contribution < -0.4 is 0 Å². The van der Waals surface area contributed by atoms with Gasteiger partial charge in [-0.3, -0.25) is 4.79 Å². The summed E-state index contributed by atoms with van der Waals surface area (Å²) in [5, 5.41) is 9.66. The molecule has 25 heavy (non-hydrogen) atoms. The van der Waals surface area contributed by atoms with Gasteiger partial charge in [0, 0.05) is 6.54 Å². The molecule has 1 aliphatic heterocycles. The fourth-order valence-electron chi connectivity index (χ4n) is 3.58. The number of amides is 1. The number of phenols is 1.